The van der Waals surface area contributed by atoms with Gasteiger partial charge in [-0.2, -0.15) is 8.78 Å². The molecule has 1 aromatic heterocycles. The molecule has 0 unspecified atom stereocenters. The van der Waals surface area contributed by atoms with Gasteiger partial charge in [0, 0.05) is 29.9 Å². The zero-order valence-corrected chi connectivity index (χ0v) is 35.6. The first-order chi connectivity index (χ1) is 29.7. The third-order valence-corrected chi connectivity index (χ3v) is 12.4. The van der Waals surface area contributed by atoms with E-state index in [-0.39, 0.29) is 46.9 Å². The predicted octanol–water partition coefficient (Wildman–Crippen LogP) is 7.75. The lowest BCUT2D eigenvalue weighted by Gasteiger charge is -2.32. The Morgan fingerprint density at radius 1 is 0.774 bits per heavy atom. The van der Waals surface area contributed by atoms with Gasteiger partial charge in [0.05, 0.1) is 43.0 Å². The molecule has 3 aromatic carbocycles. The molecule has 4 aromatic rings. The number of alkyl halides is 2. The topological polar surface area (TPSA) is 158 Å². The largest absolute Gasteiger partial charge is 0.453 e. The van der Waals surface area contributed by atoms with Gasteiger partial charge < -0.3 is 40.2 Å². The van der Waals surface area contributed by atoms with Gasteiger partial charge in [-0.3, -0.25) is 9.59 Å². The molecule has 3 aliphatic heterocycles. The van der Waals surface area contributed by atoms with Crippen molar-refractivity contribution in [3.63, 3.8) is 0 Å². The van der Waals surface area contributed by atoms with E-state index in [1.54, 1.807) is 40.2 Å². The van der Waals surface area contributed by atoms with Gasteiger partial charge in [-0.15, -0.1) is 0 Å². The van der Waals surface area contributed by atoms with Gasteiger partial charge in [0.15, 0.2) is 0 Å². The van der Waals surface area contributed by atoms with Crippen LogP contribution in [-0.2, 0) is 25.0 Å². The van der Waals surface area contributed by atoms with Crippen molar-refractivity contribution in [3.8, 4) is 22.3 Å². The Bertz CT molecular complexity index is 2560. The van der Waals surface area contributed by atoms with E-state index >= 15 is 8.78 Å². The number of likely N-dealkylation sites (tertiary alicyclic amines) is 2. The van der Waals surface area contributed by atoms with Crippen molar-refractivity contribution in [1.29, 1.82) is 0 Å². The van der Waals surface area contributed by atoms with Crippen molar-refractivity contribution in [1.82, 2.24) is 35.7 Å². The second-order valence-electron chi connectivity index (χ2n) is 17.0. The number of ether oxygens (including phenoxy) is 2. The molecule has 0 bridgehead atoms. The number of hydrogen-bond acceptors (Lipinski definition) is 8. The quantitative estimate of drug-likeness (QED) is 0.118. The lowest BCUT2D eigenvalue weighted by Crippen LogP contribution is -2.53. The zero-order valence-electron chi connectivity index (χ0n) is 35.6. The van der Waals surface area contributed by atoms with Crippen LogP contribution in [0.5, 0.6) is 0 Å². The standard InChI is InChI=1S/C47H51F2N7O6/c1-25(2)40(53-45(59)61-5)43(57)55-20-8-12-38(55)36-11-7-10-34(50-36)29-15-18-31-30-17-14-27(22-32(30)47(48,49)33(31)23-29)28-16-19-35-37(24-28)52-42(51-35)39-13-9-21-56(39)44(58)41(26(3)4)54-46(60)62-6/h7,10,14-19,22-26,38-41,50H,8-9,12-13,20-21H2,1-6H3,(H,51,52)(H,53,59)(H,54,60)/t38-,39-,40-,41-/m0/s1. The van der Waals surface area contributed by atoms with Crippen LogP contribution in [-0.4, -0.2) is 89.2 Å². The number of amides is 4. The highest BCUT2D eigenvalue weighted by atomic mass is 19.3. The summed E-state index contributed by atoms with van der Waals surface area (Å²) in [6, 6.07) is 13.6. The van der Waals surface area contributed by atoms with Crippen molar-refractivity contribution in [2.75, 3.05) is 27.3 Å². The third kappa shape index (κ3) is 7.70. The number of aromatic nitrogens is 2. The lowest BCUT2D eigenvalue weighted by atomic mass is 9.98. The summed E-state index contributed by atoms with van der Waals surface area (Å²) < 4.78 is 42.7. The monoisotopic (exact) mass is 847 g/mol. The van der Waals surface area contributed by atoms with Gasteiger partial charge in [-0.1, -0.05) is 63.8 Å². The normalized spacial score (nSPS) is 19.7. The maximum Gasteiger partial charge on any atom is 0.407 e. The number of rotatable bonds is 10. The molecular formula is C47H51F2N7O6. The first kappa shape index (κ1) is 42.2. The molecule has 62 heavy (non-hydrogen) atoms. The molecule has 8 rings (SSSR count). The maximum absolute atomic E-state index is 16.6. The number of methoxy groups -OCH3 is 2. The summed E-state index contributed by atoms with van der Waals surface area (Å²) in [5, 5.41) is 8.72. The van der Waals surface area contributed by atoms with E-state index in [0.717, 1.165) is 18.4 Å². The van der Waals surface area contributed by atoms with Gasteiger partial charge in [-0.05, 0) is 102 Å². The van der Waals surface area contributed by atoms with Crippen LogP contribution in [0.4, 0.5) is 18.4 Å². The van der Waals surface area contributed by atoms with Gasteiger partial charge >= 0.3 is 12.2 Å². The number of carbonyl (C=O) groups is 4. The highest BCUT2D eigenvalue weighted by molar-refractivity contribution is 5.89. The fourth-order valence-corrected chi connectivity index (χ4v) is 9.12. The molecule has 2 fully saturated rings. The Hall–Kier alpha value is -6.47. The van der Waals surface area contributed by atoms with Gasteiger partial charge in [-0.25, -0.2) is 14.6 Å². The van der Waals surface area contributed by atoms with Gasteiger partial charge in [0.1, 0.15) is 17.9 Å². The van der Waals surface area contributed by atoms with Crippen molar-refractivity contribution in [2.24, 2.45) is 11.8 Å². The summed E-state index contributed by atoms with van der Waals surface area (Å²) in [6.07, 6.45) is 5.07. The molecule has 13 nitrogen and oxygen atoms in total. The van der Waals surface area contributed by atoms with Crippen LogP contribution >= 0.6 is 0 Å². The smallest absolute Gasteiger partial charge is 0.407 e. The Kier molecular flexibility index (Phi) is 11.4. The minimum atomic E-state index is -3.28. The van der Waals surface area contributed by atoms with Crippen molar-refractivity contribution in [2.45, 2.75) is 83.5 Å². The molecule has 15 heteroatoms. The minimum absolute atomic E-state index is 0.0839. The molecule has 4 aliphatic rings. The average molecular weight is 848 g/mol. The van der Waals surface area contributed by atoms with E-state index in [2.05, 4.69) is 26.7 Å². The van der Waals surface area contributed by atoms with Crippen LogP contribution in [0.1, 0.15) is 81.9 Å². The number of aromatic amines is 1. The fraction of sp³-hybridized carbons (Fsp3) is 0.404. The summed E-state index contributed by atoms with van der Waals surface area (Å²) in [6.45, 7) is 8.47. The predicted molar refractivity (Wildman–Crippen MR) is 229 cm³/mol. The van der Waals surface area contributed by atoms with Crippen molar-refractivity contribution in [3.05, 3.63) is 101 Å². The Labute approximate surface area is 358 Å². The number of alkyl carbamates (subject to hydrolysis) is 2. The summed E-state index contributed by atoms with van der Waals surface area (Å²) in [5.41, 5.74) is 8.54. The Balaban J connectivity index is 0.999. The first-order valence-electron chi connectivity index (χ1n) is 21.1. The number of imidazole rings is 1. The SMILES string of the molecule is COC(=O)N[C@H](C(=O)N1CCC[C@H]1C1=C=CC=C(c2ccc3c(c2)C(F)(F)c2cc(-c4ccc5nc([C@@H]6CCCN6C(=O)[C@@H](NC(=O)OC)C(C)C)[nH]c5c4)ccc2-3)N1)C(C)C. The molecule has 0 radical (unpaired) electrons. The van der Waals surface area contributed by atoms with E-state index in [0.29, 0.717) is 76.4 Å². The van der Waals surface area contributed by atoms with Crippen LogP contribution in [0, 0.1) is 11.8 Å². The van der Waals surface area contributed by atoms with Gasteiger partial charge in [0.2, 0.25) is 11.8 Å². The number of allylic oxidation sites excluding steroid dienone is 1. The third-order valence-electron chi connectivity index (χ3n) is 12.4. The maximum atomic E-state index is 16.6. The molecule has 2 saturated heterocycles. The Morgan fingerprint density at radius 3 is 1.90 bits per heavy atom. The van der Waals surface area contributed by atoms with Crippen LogP contribution in [0.15, 0.2) is 78.2 Å². The van der Waals surface area contributed by atoms with Crippen LogP contribution in [0.3, 0.4) is 0 Å². The van der Waals surface area contributed by atoms with Crippen molar-refractivity contribution >= 4 is 40.7 Å². The summed E-state index contributed by atoms with van der Waals surface area (Å²) >= 11 is 0. The van der Waals surface area contributed by atoms with E-state index in [9.17, 15) is 19.2 Å². The van der Waals surface area contributed by atoms with Crippen molar-refractivity contribution < 1.29 is 37.4 Å². The highest BCUT2D eigenvalue weighted by Crippen LogP contribution is 2.52. The summed E-state index contributed by atoms with van der Waals surface area (Å²) in [5.74, 6) is -3.43. The number of nitrogens with zero attached hydrogens (tertiary/aromatic N) is 3. The number of carbonyl (C=O) groups excluding carboxylic acids is 4. The summed E-state index contributed by atoms with van der Waals surface area (Å²) in [4.78, 5) is 63.2. The number of hydrogen-bond donors (Lipinski definition) is 4. The van der Waals surface area contributed by atoms with E-state index < -0.39 is 30.2 Å². The van der Waals surface area contributed by atoms with Crippen LogP contribution in [0.2, 0.25) is 0 Å². The van der Waals surface area contributed by atoms with Gasteiger partial charge in [0.25, 0.3) is 5.92 Å². The van der Waals surface area contributed by atoms with Crippen LogP contribution < -0.4 is 16.0 Å². The molecule has 4 amide bonds. The fourth-order valence-electron chi connectivity index (χ4n) is 9.12. The highest BCUT2D eigenvalue weighted by Gasteiger charge is 2.45. The van der Waals surface area contributed by atoms with E-state index in [4.69, 9.17) is 14.5 Å². The molecule has 1 aliphatic carbocycles. The minimum Gasteiger partial charge on any atom is -0.453 e. The lowest BCUT2D eigenvalue weighted by molar-refractivity contribution is -0.136. The summed E-state index contributed by atoms with van der Waals surface area (Å²) in [7, 11) is 2.52. The van der Waals surface area contributed by atoms with Crippen LogP contribution in [0.25, 0.3) is 39.0 Å². The molecule has 324 valence electrons. The second-order valence-corrected chi connectivity index (χ2v) is 17.0. The number of H-pyrrole nitrogens is 1. The number of fused-ring (bicyclic) bond motifs is 4. The molecule has 0 spiro atoms. The Morgan fingerprint density at radius 2 is 1.31 bits per heavy atom. The molecular weight excluding hydrogens is 797 g/mol. The first-order valence-corrected chi connectivity index (χ1v) is 21.1. The zero-order chi connectivity index (χ0) is 44.0. The van der Waals surface area contributed by atoms with E-state index in [1.807, 2.05) is 58.0 Å². The molecule has 4 atom stereocenters. The van der Waals surface area contributed by atoms with E-state index in [1.165, 1.54) is 20.3 Å². The number of nitrogens with one attached hydrogen (secondary N) is 4. The average Bonchev–Trinajstić information content (AvgIpc) is 4.09. The molecule has 0 saturated carbocycles. The number of halogens is 2. The number of benzene rings is 3. The molecule has 4 N–H and O–H groups in total. The second kappa shape index (κ2) is 16.8. The molecule has 4 heterocycles.